The van der Waals surface area contributed by atoms with Crippen molar-refractivity contribution in [1.29, 1.82) is 0 Å². The van der Waals surface area contributed by atoms with Crippen LogP contribution in [0.3, 0.4) is 0 Å². The number of hydrogen-bond acceptors (Lipinski definition) is 2. The minimum absolute atomic E-state index is 0.702. The number of halogens is 1. The van der Waals surface area contributed by atoms with E-state index in [4.69, 9.17) is 0 Å². The molecule has 2 aromatic carbocycles. The Morgan fingerprint density at radius 2 is 1.25 bits per heavy atom. The molecule has 1 heterocycles. The van der Waals surface area contributed by atoms with Gasteiger partial charge in [-0.2, -0.15) is 0 Å². The predicted octanol–water partition coefficient (Wildman–Crippen LogP) is 2.76. The highest BCUT2D eigenvalue weighted by Gasteiger charge is 2.40. The molecule has 0 atom stereocenters. The van der Waals surface area contributed by atoms with E-state index in [-0.39, 0.29) is 0 Å². The number of rotatable bonds is 3. The second-order valence-electron chi connectivity index (χ2n) is 5.09. The van der Waals surface area contributed by atoms with Gasteiger partial charge >= 0.3 is 0 Å². The van der Waals surface area contributed by atoms with Crippen LogP contribution in [0.2, 0.25) is 0 Å². The third kappa shape index (κ3) is 2.35. The van der Waals surface area contributed by atoms with E-state index < -0.39 is 5.79 Å². The van der Waals surface area contributed by atoms with Gasteiger partial charge in [-0.3, -0.25) is 4.90 Å². The zero-order chi connectivity index (χ0) is 13.8. The van der Waals surface area contributed by atoms with E-state index in [1.54, 1.807) is 0 Å². The van der Waals surface area contributed by atoms with Crippen LogP contribution in [0.15, 0.2) is 60.7 Å². The van der Waals surface area contributed by atoms with Gasteiger partial charge < -0.3 is 5.32 Å². The van der Waals surface area contributed by atoms with Gasteiger partial charge in [0.05, 0.1) is 0 Å². The Kier molecular flexibility index (Phi) is 3.81. The van der Waals surface area contributed by atoms with Crippen molar-refractivity contribution < 1.29 is 4.39 Å². The van der Waals surface area contributed by atoms with Crippen LogP contribution >= 0.6 is 0 Å². The molecule has 1 aliphatic rings. The number of nitrogens with one attached hydrogen (secondary N) is 1. The summed E-state index contributed by atoms with van der Waals surface area (Å²) in [6.07, 6.45) is 0. The Balaban J connectivity index is 2.07. The average Bonchev–Trinajstić information content (AvgIpc) is 2.56. The van der Waals surface area contributed by atoms with E-state index in [9.17, 15) is 0 Å². The first-order valence-corrected chi connectivity index (χ1v) is 7.07. The van der Waals surface area contributed by atoms with Crippen LogP contribution in [0.25, 0.3) is 0 Å². The lowest BCUT2D eigenvalue weighted by molar-refractivity contribution is -0.0111. The highest BCUT2D eigenvalue weighted by molar-refractivity contribution is 5.35. The van der Waals surface area contributed by atoms with Gasteiger partial charge in [0.25, 0.3) is 0 Å². The topological polar surface area (TPSA) is 15.3 Å². The first-order valence-electron chi connectivity index (χ1n) is 7.07. The van der Waals surface area contributed by atoms with Crippen LogP contribution in [-0.4, -0.2) is 31.1 Å². The monoisotopic (exact) mass is 270 g/mol. The van der Waals surface area contributed by atoms with E-state index in [1.165, 1.54) is 0 Å². The van der Waals surface area contributed by atoms with Crippen molar-refractivity contribution in [3.63, 3.8) is 0 Å². The van der Waals surface area contributed by atoms with Gasteiger partial charge in [-0.15, -0.1) is 0 Å². The lowest BCUT2D eigenvalue weighted by Crippen LogP contribution is -2.52. The zero-order valence-corrected chi connectivity index (χ0v) is 11.4. The lowest BCUT2D eigenvalue weighted by Gasteiger charge is -2.40. The molecule has 2 aromatic rings. The summed E-state index contributed by atoms with van der Waals surface area (Å²) in [7, 11) is 0. The van der Waals surface area contributed by atoms with Crippen LogP contribution in [-0.2, 0) is 5.79 Å². The summed E-state index contributed by atoms with van der Waals surface area (Å²) in [4.78, 5) is 1.92. The molecule has 2 nitrogen and oxygen atoms in total. The number of benzene rings is 2. The molecule has 0 aromatic heterocycles. The third-order valence-corrected chi connectivity index (χ3v) is 3.87. The van der Waals surface area contributed by atoms with Crippen molar-refractivity contribution in [1.82, 2.24) is 10.2 Å². The molecule has 3 heteroatoms. The molecule has 20 heavy (non-hydrogen) atoms. The van der Waals surface area contributed by atoms with Crippen LogP contribution < -0.4 is 5.32 Å². The maximum atomic E-state index is 16.0. The summed E-state index contributed by atoms with van der Waals surface area (Å²) >= 11 is 0. The molecule has 0 amide bonds. The molecule has 3 rings (SSSR count). The van der Waals surface area contributed by atoms with Gasteiger partial charge in [0.2, 0.25) is 5.79 Å². The molecule has 1 aliphatic heterocycles. The summed E-state index contributed by atoms with van der Waals surface area (Å²) in [6, 6.07) is 18.9. The zero-order valence-electron chi connectivity index (χ0n) is 11.4. The summed E-state index contributed by atoms with van der Waals surface area (Å²) in [5, 5.41) is 3.28. The third-order valence-electron chi connectivity index (χ3n) is 3.87. The van der Waals surface area contributed by atoms with Gasteiger partial charge in [-0.05, 0) is 0 Å². The molecule has 0 aliphatic carbocycles. The van der Waals surface area contributed by atoms with E-state index in [2.05, 4.69) is 5.32 Å². The minimum atomic E-state index is -1.55. The lowest BCUT2D eigenvalue weighted by atomic mass is 9.93. The summed E-state index contributed by atoms with van der Waals surface area (Å²) < 4.78 is 16.0. The van der Waals surface area contributed by atoms with Gasteiger partial charge in [0, 0.05) is 37.3 Å². The number of nitrogens with zero attached hydrogens (tertiary/aromatic N) is 1. The highest BCUT2D eigenvalue weighted by Crippen LogP contribution is 2.37. The summed E-state index contributed by atoms with van der Waals surface area (Å²) in [5.41, 5.74) is 1.40. The molecular weight excluding hydrogens is 251 g/mol. The van der Waals surface area contributed by atoms with Crippen molar-refractivity contribution in [3.8, 4) is 0 Å². The number of piperazine rings is 1. The Morgan fingerprint density at radius 1 is 0.800 bits per heavy atom. The van der Waals surface area contributed by atoms with Crippen molar-refractivity contribution >= 4 is 0 Å². The van der Waals surface area contributed by atoms with E-state index in [1.807, 2.05) is 65.6 Å². The SMILES string of the molecule is FC(c1ccccc1)(c1ccccc1)N1CCNCC1. The summed E-state index contributed by atoms with van der Waals surface area (Å²) in [5.74, 6) is -1.55. The molecule has 0 unspecified atom stereocenters. The van der Waals surface area contributed by atoms with Crippen LogP contribution in [0, 0.1) is 0 Å². The maximum absolute atomic E-state index is 16.0. The van der Waals surface area contributed by atoms with Crippen molar-refractivity contribution in [3.05, 3.63) is 71.8 Å². The molecule has 0 bridgehead atoms. The fourth-order valence-corrected chi connectivity index (χ4v) is 2.82. The van der Waals surface area contributed by atoms with Crippen LogP contribution in [0.4, 0.5) is 4.39 Å². The van der Waals surface area contributed by atoms with Gasteiger partial charge in [0.1, 0.15) is 0 Å². The van der Waals surface area contributed by atoms with E-state index >= 15 is 4.39 Å². The molecule has 104 valence electrons. The fourth-order valence-electron chi connectivity index (χ4n) is 2.82. The smallest absolute Gasteiger partial charge is 0.215 e. The first kappa shape index (κ1) is 13.3. The fraction of sp³-hybridized carbons (Fsp3) is 0.294. The van der Waals surface area contributed by atoms with Gasteiger partial charge in [-0.1, -0.05) is 60.7 Å². The Labute approximate surface area is 119 Å². The summed E-state index contributed by atoms with van der Waals surface area (Å²) in [6.45, 7) is 3.07. The molecule has 1 saturated heterocycles. The first-order chi connectivity index (χ1) is 9.82. The van der Waals surface area contributed by atoms with Crippen molar-refractivity contribution in [2.45, 2.75) is 5.79 Å². The molecule has 0 radical (unpaired) electrons. The number of alkyl halides is 1. The highest BCUT2D eigenvalue weighted by atomic mass is 19.1. The van der Waals surface area contributed by atoms with Gasteiger partial charge in [-0.25, -0.2) is 4.39 Å². The van der Waals surface area contributed by atoms with Gasteiger partial charge in [0.15, 0.2) is 0 Å². The molecular formula is C17H19FN2. The number of hydrogen-bond donors (Lipinski definition) is 1. The van der Waals surface area contributed by atoms with E-state index in [0.717, 1.165) is 13.1 Å². The Morgan fingerprint density at radius 3 is 1.70 bits per heavy atom. The van der Waals surface area contributed by atoms with Crippen LogP contribution in [0.5, 0.6) is 0 Å². The average molecular weight is 270 g/mol. The minimum Gasteiger partial charge on any atom is -0.314 e. The molecule has 0 saturated carbocycles. The Bertz CT molecular complexity index is 496. The standard InChI is InChI=1S/C17H19FN2/c18-17(15-7-3-1-4-8-15,16-9-5-2-6-10-16)20-13-11-19-12-14-20/h1-10,19H,11-14H2. The largest absolute Gasteiger partial charge is 0.314 e. The second kappa shape index (κ2) is 5.73. The Hall–Kier alpha value is -1.71. The van der Waals surface area contributed by atoms with Crippen molar-refractivity contribution in [2.75, 3.05) is 26.2 Å². The van der Waals surface area contributed by atoms with Crippen molar-refractivity contribution in [2.24, 2.45) is 0 Å². The van der Waals surface area contributed by atoms with Crippen LogP contribution in [0.1, 0.15) is 11.1 Å². The normalized spacial score (nSPS) is 17.1. The molecule has 1 N–H and O–H groups in total. The molecule has 0 spiro atoms. The second-order valence-corrected chi connectivity index (χ2v) is 5.09. The predicted molar refractivity (Wildman–Crippen MR) is 79.2 cm³/mol. The molecule has 1 fully saturated rings. The van der Waals surface area contributed by atoms with E-state index in [0.29, 0.717) is 24.2 Å². The quantitative estimate of drug-likeness (QED) is 0.863. The maximum Gasteiger partial charge on any atom is 0.215 e.